The number of fused-ring (bicyclic) bond motifs is 1. The van der Waals surface area contributed by atoms with Crippen LogP contribution in [0, 0.1) is 0 Å². The molecule has 5 heteroatoms. The molecule has 0 unspecified atom stereocenters. The lowest BCUT2D eigenvalue weighted by molar-refractivity contribution is 0.104. The number of ketones is 1. The lowest BCUT2D eigenvalue weighted by atomic mass is 9.86. The molecule has 3 rings (SSSR count). The predicted molar refractivity (Wildman–Crippen MR) is 75.6 cm³/mol. The van der Waals surface area contributed by atoms with E-state index in [-0.39, 0.29) is 34.3 Å². The highest BCUT2D eigenvalue weighted by Gasteiger charge is 2.23. The van der Waals surface area contributed by atoms with Crippen LogP contribution in [-0.2, 0) is 6.42 Å². The van der Waals surface area contributed by atoms with Crippen LogP contribution in [0.1, 0.15) is 21.5 Å². The molecule has 0 saturated heterocycles. The Bertz CT molecular complexity index is 789. The second kappa shape index (κ2) is 4.56. The van der Waals surface area contributed by atoms with Gasteiger partial charge in [0.25, 0.3) is 0 Å². The molecule has 5 nitrogen and oxygen atoms in total. The van der Waals surface area contributed by atoms with Gasteiger partial charge in [0.15, 0.2) is 17.3 Å². The smallest absolute Gasteiger partial charge is 0.190 e. The van der Waals surface area contributed by atoms with Gasteiger partial charge in [-0.05, 0) is 47.4 Å². The van der Waals surface area contributed by atoms with Gasteiger partial charge in [0, 0.05) is 6.07 Å². The van der Waals surface area contributed by atoms with Crippen LogP contribution < -0.4 is 0 Å². The molecule has 0 heterocycles. The molecule has 0 spiro atoms. The number of rotatable bonds is 1. The van der Waals surface area contributed by atoms with Gasteiger partial charge in [0.05, 0.1) is 5.56 Å². The maximum absolute atomic E-state index is 12.1. The van der Waals surface area contributed by atoms with Crippen molar-refractivity contribution in [2.24, 2.45) is 0 Å². The Labute approximate surface area is 120 Å². The summed E-state index contributed by atoms with van der Waals surface area (Å²) in [6.07, 6.45) is 1.71. The molecule has 0 bridgehead atoms. The third-order valence-corrected chi connectivity index (χ3v) is 3.46. The van der Waals surface area contributed by atoms with E-state index in [0.29, 0.717) is 23.1 Å². The molecule has 21 heavy (non-hydrogen) atoms. The monoisotopic (exact) mass is 284 g/mol. The summed E-state index contributed by atoms with van der Waals surface area (Å²) in [5, 5.41) is 38.2. The summed E-state index contributed by atoms with van der Waals surface area (Å²) in [7, 11) is 0. The van der Waals surface area contributed by atoms with Crippen molar-refractivity contribution in [2.45, 2.75) is 6.42 Å². The van der Waals surface area contributed by atoms with Gasteiger partial charge in [0.2, 0.25) is 0 Å². The van der Waals surface area contributed by atoms with Crippen LogP contribution in [0.3, 0.4) is 0 Å². The number of aromatic hydroxyl groups is 4. The summed E-state index contributed by atoms with van der Waals surface area (Å²) >= 11 is 0. The Hall–Kier alpha value is -2.95. The molecular formula is C16H12O5. The van der Waals surface area contributed by atoms with E-state index in [1.165, 1.54) is 24.3 Å². The minimum atomic E-state index is -0.365. The lowest BCUT2D eigenvalue weighted by Gasteiger charge is -2.18. The first-order valence-electron chi connectivity index (χ1n) is 6.28. The van der Waals surface area contributed by atoms with Gasteiger partial charge in [-0.3, -0.25) is 4.79 Å². The molecule has 1 aliphatic carbocycles. The van der Waals surface area contributed by atoms with E-state index in [4.69, 9.17) is 0 Å². The molecule has 2 aromatic carbocycles. The zero-order chi connectivity index (χ0) is 15.1. The van der Waals surface area contributed by atoms with Gasteiger partial charge in [-0.25, -0.2) is 0 Å². The largest absolute Gasteiger partial charge is 0.508 e. The molecular weight excluding hydrogens is 272 g/mol. The SMILES string of the molecule is O=C1C=C(c2ccc(O)c(O)c2)Cc2cc(O)cc(O)c21. The Morgan fingerprint density at radius 3 is 2.33 bits per heavy atom. The Kier molecular flexibility index (Phi) is 2.83. The number of hydrogen-bond donors (Lipinski definition) is 4. The number of carbonyl (C=O) groups is 1. The second-order valence-electron chi connectivity index (χ2n) is 4.91. The number of benzene rings is 2. The first-order chi connectivity index (χ1) is 9.95. The molecule has 0 aliphatic heterocycles. The van der Waals surface area contributed by atoms with Crippen molar-refractivity contribution in [1.82, 2.24) is 0 Å². The highest BCUT2D eigenvalue weighted by atomic mass is 16.3. The number of phenols is 4. The van der Waals surface area contributed by atoms with Crippen molar-refractivity contribution in [1.29, 1.82) is 0 Å². The van der Waals surface area contributed by atoms with Crippen LogP contribution in [-0.4, -0.2) is 26.2 Å². The number of phenolic OH excluding ortho intramolecular Hbond substituents is 4. The predicted octanol–water partition coefficient (Wildman–Crippen LogP) is 2.33. The van der Waals surface area contributed by atoms with E-state index in [1.54, 1.807) is 6.07 Å². The summed E-state index contributed by atoms with van der Waals surface area (Å²) in [5.41, 5.74) is 1.92. The summed E-state index contributed by atoms with van der Waals surface area (Å²) in [5.74, 6) is -1.24. The zero-order valence-electron chi connectivity index (χ0n) is 10.9. The minimum absolute atomic E-state index is 0.117. The number of carbonyl (C=O) groups excluding carboxylic acids is 1. The molecule has 0 aromatic heterocycles. The fourth-order valence-electron chi connectivity index (χ4n) is 2.49. The first kappa shape index (κ1) is 13.1. The van der Waals surface area contributed by atoms with Crippen LogP contribution in [0.4, 0.5) is 0 Å². The maximum Gasteiger partial charge on any atom is 0.190 e. The Balaban J connectivity index is 2.08. The van der Waals surface area contributed by atoms with E-state index >= 15 is 0 Å². The summed E-state index contributed by atoms with van der Waals surface area (Å²) in [6, 6.07) is 6.84. The molecule has 4 N–H and O–H groups in total. The maximum atomic E-state index is 12.1. The number of allylic oxidation sites excluding steroid dienone is 2. The van der Waals surface area contributed by atoms with E-state index in [9.17, 15) is 25.2 Å². The van der Waals surface area contributed by atoms with Crippen LogP contribution in [0.5, 0.6) is 23.0 Å². The molecule has 0 atom stereocenters. The highest BCUT2D eigenvalue weighted by molar-refractivity contribution is 6.13. The van der Waals surface area contributed by atoms with Crippen molar-refractivity contribution >= 4 is 11.4 Å². The van der Waals surface area contributed by atoms with E-state index in [1.807, 2.05) is 0 Å². The average molecular weight is 284 g/mol. The topological polar surface area (TPSA) is 98.0 Å². The third-order valence-electron chi connectivity index (χ3n) is 3.46. The van der Waals surface area contributed by atoms with Gasteiger partial charge in [-0.2, -0.15) is 0 Å². The normalized spacial score (nSPS) is 13.7. The lowest BCUT2D eigenvalue weighted by Crippen LogP contribution is -2.09. The fourth-order valence-corrected chi connectivity index (χ4v) is 2.49. The van der Waals surface area contributed by atoms with Gasteiger partial charge < -0.3 is 20.4 Å². The van der Waals surface area contributed by atoms with Crippen LogP contribution in [0.2, 0.25) is 0 Å². The van der Waals surface area contributed by atoms with Crippen molar-refractivity contribution in [2.75, 3.05) is 0 Å². The Morgan fingerprint density at radius 1 is 0.857 bits per heavy atom. The van der Waals surface area contributed by atoms with Crippen LogP contribution >= 0.6 is 0 Å². The highest BCUT2D eigenvalue weighted by Crippen LogP contribution is 2.37. The fraction of sp³-hybridized carbons (Fsp3) is 0.0625. The number of hydrogen-bond acceptors (Lipinski definition) is 5. The van der Waals surface area contributed by atoms with Crippen LogP contribution in [0.15, 0.2) is 36.4 Å². The van der Waals surface area contributed by atoms with Crippen molar-refractivity contribution in [3.63, 3.8) is 0 Å². The van der Waals surface area contributed by atoms with Gasteiger partial charge >= 0.3 is 0 Å². The van der Waals surface area contributed by atoms with Crippen molar-refractivity contribution in [3.05, 3.63) is 53.1 Å². The summed E-state index contributed by atoms with van der Waals surface area (Å²) in [6.45, 7) is 0. The standard InChI is InChI=1S/C16H12O5/c17-11-4-10-3-9(6-14(20)16(10)15(21)7-11)8-1-2-12(18)13(19)5-8/h1-2,4-7,17-19,21H,3H2. The molecule has 106 valence electrons. The quantitative estimate of drug-likeness (QED) is 0.602. The second-order valence-corrected chi connectivity index (χ2v) is 4.91. The molecule has 0 fully saturated rings. The van der Waals surface area contributed by atoms with Crippen molar-refractivity contribution in [3.8, 4) is 23.0 Å². The molecule has 0 radical (unpaired) electrons. The van der Waals surface area contributed by atoms with E-state index in [2.05, 4.69) is 0 Å². The van der Waals surface area contributed by atoms with Crippen molar-refractivity contribution < 1.29 is 25.2 Å². The van der Waals surface area contributed by atoms with Gasteiger partial charge in [0.1, 0.15) is 11.5 Å². The van der Waals surface area contributed by atoms with Gasteiger partial charge in [-0.1, -0.05) is 6.07 Å². The zero-order valence-corrected chi connectivity index (χ0v) is 10.9. The summed E-state index contributed by atoms with van der Waals surface area (Å²) < 4.78 is 0. The molecule has 2 aromatic rings. The average Bonchev–Trinajstić information content (AvgIpc) is 2.40. The Morgan fingerprint density at radius 2 is 1.62 bits per heavy atom. The minimum Gasteiger partial charge on any atom is -0.508 e. The molecule has 1 aliphatic rings. The van der Waals surface area contributed by atoms with E-state index < -0.39 is 0 Å². The third kappa shape index (κ3) is 2.18. The first-order valence-corrected chi connectivity index (χ1v) is 6.28. The van der Waals surface area contributed by atoms with Crippen LogP contribution in [0.25, 0.3) is 5.57 Å². The van der Waals surface area contributed by atoms with Gasteiger partial charge in [-0.15, -0.1) is 0 Å². The molecule has 0 saturated carbocycles. The summed E-state index contributed by atoms with van der Waals surface area (Å²) in [4.78, 5) is 12.1. The van der Waals surface area contributed by atoms with E-state index in [0.717, 1.165) is 6.07 Å². The molecule has 0 amide bonds.